The van der Waals surface area contributed by atoms with Crippen molar-refractivity contribution in [1.82, 2.24) is 0 Å². The molecule has 162 valence electrons. The average Bonchev–Trinajstić information content (AvgIpc) is 3.54. The zero-order chi connectivity index (χ0) is 19.1. The van der Waals surface area contributed by atoms with Crippen LogP contribution in [0.25, 0.3) is 0 Å². The molecule has 4 aliphatic heterocycles. The lowest BCUT2D eigenvalue weighted by atomic mass is 9.99. The highest BCUT2D eigenvalue weighted by molar-refractivity contribution is 8.76. The van der Waals surface area contributed by atoms with Gasteiger partial charge in [-0.25, -0.2) is 0 Å². The topological polar surface area (TPSA) is 0 Å². The highest BCUT2D eigenvalue weighted by Gasteiger charge is 2.34. The minimum Gasteiger partial charge on any atom is -0.161 e. The summed E-state index contributed by atoms with van der Waals surface area (Å²) >= 11 is 15.5. The quantitative estimate of drug-likeness (QED) is 0.0962. The van der Waals surface area contributed by atoms with Gasteiger partial charge in [-0.3, -0.25) is 0 Å². The lowest BCUT2D eigenvalue weighted by molar-refractivity contribution is 0.516. The second-order valence-corrected chi connectivity index (χ2v) is 19.1. The summed E-state index contributed by atoms with van der Waals surface area (Å²) in [6.45, 7) is 0. The van der Waals surface area contributed by atoms with E-state index < -0.39 is 0 Å². The summed E-state index contributed by atoms with van der Waals surface area (Å²) in [5, 5.41) is 3.96. The van der Waals surface area contributed by atoms with E-state index in [9.17, 15) is 0 Å². The number of thioether (sulfide) groups is 7. The van der Waals surface area contributed by atoms with Crippen LogP contribution in [0.4, 0.5) is 0 Å². The minimum atomic E-state index is 0.543. The van der Waals surface area contributed by atoms with Crippen molar-refractivity contribution in [2.75, 3.05) is 69.0 Å². The fourth-order valence-corrected chi connectivity index (χ4v) is 14.1. The molecule has 9 heteroatoms. The molecule has 0 N–H and O–H groups in total. The minimum absolute atomic E-state index is 0.543. The molecule has 0 spiro atoms. The van der Waals surface area contributed by atoms with E-state index in [1.54, 1.807) is 0 Å². The Morgan fingerprint density at radius 1 is 0.607 bits per heavy atom. The van der Waals surface area contributed by atoms with Crippen LogP contribution in [0.15, 0.2) is 0 Å². The van der Waals surface area contributed by atoms with Crippen LogP contribution in [0.5, 0.6) is 0 Å². The Bertz CT molecular complexity index is 429. The Morgan fingerprint density at radius 3 is 1.71 bits per heavy atom. The van der Waals surface area contributed by atoms with E-state index in [-0.39, 0.29) is 0 Å². The molecule has 28 heavy (non-hydrogen) atoms. The number of hydrogen-bond acceptors (Lipinski definition) is 9. The van der Waals surface area contributed by atoms with Gasteiger partial charge in [0.2, 0.25) is 0 Å². The molecule has 4 heterocycles. The van der Waals surface area contributed by atoms with Crippen LogP contribution in [0.2, 0.25) is 0 Å². The van der Waals surface area contributed by atoms with Crippen LogP contribution in [0, 0.1) is 5.41 Å². The van der Waals surface area contributed by atoms with Gasteiger partial charge in [-0.2, -0.15) is 82.3 Å². The van der Waals surface area contributed by atoms with Gasteiger partial charge in [0.25, 0.3) is 0 Å². The first-order valence-electron chi connectivity index (χ1n) is 10.3. The van der Waals surface area contributed by atoms with Crippen molar-refractivity contribution in [3.63, 3.8) is 0 Å². The maximum absolute atomic E-state index is 2.28. The molecule has 4 atom stereocenters. The van der Waals surface area contributed by atoms with E-state index in [0.717, 1.165) is 21.0 Å². The number of hydrogen-bond donors (Lipinski definition) is 0. The fourth-order valence-electron chi connectivity index (χ4n) is 2.78. The monoisotopic (exact) mass is 548 g/mol. The largest absolute Gasteiger partial charge is 0.161 e. The molecule has 0 amide bonds. The van der Waals surface area contributed by atoms with Crippen molar-refractivity contribution in [2.24, 2.45) is 5.41 Å². The Hall–Kier alpha value is 3.15. The van der Waals surface area contributed by atoms with E-state index in [1.165, 1.54) is 81.9 Å². The molecule has 0 saturated carbocycles. The Balaban J connectivity index is 1.22. The zero-order valence-electron chi connectivity index (χ0n) is 16.4. The van der Waals surface area contributed by atoms with Gasteiger partial charge in [-0.15, -0.1) is 0 Å². The van der Waals surface area contributed by atoms with Crippen LogP contribution >= 0.6 is 104 Å². The van der Waals surface area contributed by atoms with Crippen LogP contribution in [-0.4, -0.2) is 90.0 Å². The van der Waals surface area contributed by atoms with Crippen molar-refractivity contribution < 1.29 is 0 Å². The molecule has 4 saturated heterocycles. The standard InChI is InChI=1S/C19H32S9/c1(2-15-6-23-15)3-20-11-19(12-21-4-16-7-24-16,13-22-5-17-8-25-17)14-28-27-10-18-9-26-18/h15-18H,1-14H2/t15?,16?,17?,18-,19?/m1/s1. The molecule has 4 aliphatic rings. The van der Waals surface area contributed by atoms with Gasteiger partial charge in [0.1, 0.15) is 0 Å². The van der Waals surface area contributed by atoms with Crippen LogP contribution in [-0.2, 0) is 0 Å². The van der Waals surface area contributed by atoms with Gasteiger partial charge in [-0.05, 0) is 18.6 Å². The predicted octanol–water partition coefficient (Wildman–Crippen LogP) is 6.80. The molecule has 0 radical (unpaired) electrons. The van der Waals surface area contributed by atoms with Crippen molar-refractivity contribution in [3.8, 4) is 0 Å². The summed E-state index contributed by atoms with van der Waals surface area (Å²) in [4.78, 5) is 0. The van der Waals surface area contributed by atoms with Gasteiger partial charge in [0, 0.05) is 89.7 Å². The maximum atomic E-state index is 2.28. The summed E-state index contributed by atoms with van der Waals surface area (Å²) in [5.74, 6) is 16.8. The number of rotatable bonds is 19. The molecule has 0 aromatic heterocycles. The molecule has 3 unspecified atom stereocenters. The third-order valence-corrected chi connectivity index (χ3v) is 16.5. The highest BCUT2D eigenvalue weighted by atomic mass is 33.1. The third kappa shape index (κ3) is 10.8. The van der Waals surface area contributed by atoms with E-state index in [1.807, 2.05) is 0 Å². The molecule has 0 aromatic carbocycles. The first-order chi connectivity index (χ1) is 13.8. The Labute approximate surface area is 210 Å². The summed E-state index contributed by atoms with van der Waals surface area (Å²) in [7, 11) is 4.37. The van der Waals surface area contributed by atoms with Crippen LogP contribution < -0.4 is 0 Å². The van der Waals surface area contributed by atoms with Crippen LogP contribution in [0.3, 0.4) is 0 Å². The molecule has 4 rings (SSSR count). The highest BCUT2D eigenvalue weighted by Crippen LogP contribution is 2.44. The summed E-state index contributed by atoms with van der Waals surface area (Å²) in [5.41, 5.74) is 0.543. The Kier molecular flexibility index (Phi) is 11.4. The molecule has 0 aromatic rings. The summed E-state index contributed by atoms with van der Waals surface area (Å²) < 4.78 is 0. The average molecular weight is 549 g/mol. The SMILES string of the molecule is C(CSCC(CSCC1CS1)(CSCC1CS1)CSSC[C@H]1CS1)CC1CS1. The molecule has 0 nitrogen and oxygen atoms in total. The van der Waals surface area contributed by atoms with Gasteiger partial charge in [-0.1, -0.05) is 21.6 Å². The second kappa shape index (κ2) is 13.1. The van der Waals surface area contributed by atoms with E-state index in [0.29, 0.717) is 5.41 Å². The van der Waals surface area contributed by atoms with Crippen molar-refractivity contribution in [1.29, 1.82) is 0 Å². The second-order valence-electron chi connectivity index (χ2n) is 8.09. The van der Waals surface area contributed by atoms with Crippen molar-refractivity contribution >= 4 is 104 Å². The van der Waals surface area contributed by atoms with E-state index in [2.05, 4.69) is 104 Å². The lowest BCUT2D eigenvalue weighted by Crippen LogP contribution is -2.33. The zero-order valence-corrected chi connectivity index (χ0v) is 23.7. The first kappa shape index (κ1) is 24.3. The van der Waals surface area contributed by atoms with Gasteiger partial charge in [0.05, 0.1) is 0 Å². The van der Waals surface area contributed by atoms with Crippen molar-refractivity contribution in [3.05, 3.63) is 0 Å². The fraction of sp³-hybridized carbons (Fsp3) is 1.00. The Morgan fingerprint density at radius 2 is 1.14 bits per heavy atom. The maximum Gasteiger partial charge on any atom is 0.0237 e. The van der Waals surface area contributed by atoms with E-state index >= 15 is 0 Å². The summed E-state index contributed by atoms with van der Waals surface area (Å²) in [6.07, 6.45) is 2.91. The molecular formula is C19H32S9. The van der Waals surface area contributed by atoms with Crippen molar-refractivity contribution in [2.45, 2.75) is 33.8 Å². The first-order valence-corrected chi connectivity index (χ1v) is 20.4. The molecule has 4 fully saturated rings. The van der Waals surface area contributed by atoms with Gasteiger partial charge >= 0.3 is 0 Å². The lowest BCUT2D eigenvalue weighted by Gasteiger charge is -2.33. The molecule has 0 bridgehead atoms. The molecule has 0 aliphatic carbocycles. The molecular weight excluding hydrogens is 517 g/mol. The van der Waals surface area contributed by atoms with Gasteiger partial charge in [0.15, 0.2) is 0 Å². The summed E-state index contributed by atoms with van der Waals surface area (Å²) in [6, 6.07) is 0. The predicted molar refractivity (Wildman–Crippen MR) is 154 cm³/mol. The smallest absolute Gasteiger partial charge is 0.0237 e. The normalized spacial score (nSPS) is 32.1. The third-order valence-electron chi connectivity index (χ3n) is 4.96. The van der Waals surface area contributed by atoms with Gasteiger partial charge < -0.3 is 0 Å². The van der Waals surface area contributed by atoms with Crippen LogP contribution in [0.1, 0.15) is 12.8 Å². The van der Waals surface area contributed by atoms with E-state index in [4.69, 9.17) is 0 Å².